The van der Waals surface area contributed by atoms with Gasteiger partial charge < -0.3 is 28.3 Å². The number of ketones is 2. The normalized spacial score (nSPS) is 22.1. The van der Waals surface area contributed by atoms with Crippen LogP contribution in [0.3, 0.4) is 0 Å². The molecule has 0 aliphatic heterocycles. The van der Waals surface area contributed by atoms with Crippen molar-refractivity contribution in [3.05, 3.63) is 47.6 Å². The lowest BCUT2D eigenvalue weighted by Crippen LogP contribution is -2.52. The fraction of sp³-hybridized carbons (Fsp3) is 0.581. The van der Waals surface area contributed by atoms with Gasteiger partial charge in [0.25, 0.3) is 19.9 Å². The Morgan fingerprint density at radius 1 is 0.744 bits per heavy atom. The first-order chi connectivity index (χ1) is 20.0. The van der Waals surface area contributed by atoms with Crippen LogP contribution in [0.5, 0.6) is 0 Å². The van der Waals surface area contributed by atoms with Crippen molar-refractivity contribution < 1.29 is 47.3 Å². The van der Waals surface area contributed by atoms with E-state index in [4.69, 9.17) is 23.4 Å². The fourth-order valence-electron chi connectivity index (χ4n) is 5.86. The van der Waals surface area contributed by atoms with Gasteiger partial charge in [-0.3, -0.25) is 19.2 Å². The second-order valence-corrected chi connectivity index (χ2v) is 17.0. The standard InChI is InChI=1S/C31H45NO10Si/c1-20(2)43(21(3)4,22(5)6)42-29(37)32(19-26-12-14-28(36)31(18-26,39-10)41-24(8)34)16-15-25-11-13-27(35)30(17-25,38-9)40-23(7)33/h11-14,17-18,20-22H,15-16,19H2,1-10H3. The van der Waals surface area contributed by atoms with Crippen LogP contribution in [0, 0.1) is 0 Å². The maximum atomic E-state index is 14.0. The monoisotopic (exact) mass is 619 g/mol. The van der Waals surface area contributed by atoms with Crippen molar-refractivity contribution in [1.82, 2.24) is 4.90 Å². The minimum atomic E-state index is -2.64. The van der Waals surface area contributed by atoms with E-state index in [0.29, 0.717) is 11.1 Å². The summed E-state index contributed by atoms with van der Waals surface area (Å²) in [6, 6.07) is 0. The summed E-state index contributed by atoms with van der Waals surface area (Å²) < 4.78 is 27.6. The van der Waals surface area contributed by atoms with E-state index < -0.39 is 49.5 Å². The predicted molar refractivity (Wildman–Crippen MR) is 161 cm³/mol. The van der Waals surface area contributed by atoms with Gasteiger partial charge in [-0.2, -0.15) is 0 Å². The third-order valence-electron chi connectivity index (χ3n) is 7.81. The van der Waals surface area contributed by atoms with Crippen molar-refractivity contribution in [2.45, 2.75) is 90.0 Å². The Morgan fingerprint density at radius 2 is 1.16 bits per heavy atom. The van der Waals surface area contributed by atoms with Gasteiger partial charge in [-0.05, 0) is 52.4 Å². The summed E-state index contributed by atoms with van der Waals surface area (Å²) in [7, 11) is -0.123. The van der Waals surface area contributed by atoms with Crippen LogP contribution in [-0.4, -0.2) is 81.7 Å². The van der Waals surface area contributed by atoms with Gasteiger partial charge in [0.1, 0.15) is 0 Å². The van der Waals surface area contributed by atoms with E-state index in [2.05, 4.69) is 41.5 Å². The average molecular weight is 620 g/mol. The minimum Gasteiger partial charge on any atom is -0.503 e. The maximum Gasteiger partial charge on any atom is 0.396 e. The minimum absolute atomic E-state index is 0.00302. The SMILES string of the molecule is COC1(OC(C)=O)C=C(CCN(CC2=CC(OC)(OC(C)=O)C(=O)C=C2)C(=O)O[Si](C(C)C)(C(C)C)C(C)C)C=CC1=O. The van der Waals surface area contributed by atoms with Gasteiger partial charge in [-0.25, -0.2) is 4.79 Å². The Hall–Kier alpha value is -3.35. The molecule has 2 rings (SSSR count). The maximum absolute atomic E-state index is 14.0. The molecule has 0 radical (unpaired) electrons. The van der Waals surface area contributed by atoms with Crippen LogP contribution in [0.2, 0.25) is 16.6 Å². The zero-order valence-electron chi connectivity index (χ0n) is 26.8. The smallest absolute Gasteiger partial charge is 0.396 e. The van der Waals surface area contributed by atoms with E-state index in [0.717, 1.165) is 0 Å². The quantitative estimate of drug-likeness (QED) is 0.159. The number of carbonyl (C=O) groups excluding carboxylic acids is 5. The van der Waals surface area contributed by atoms with Crippen LogP contribution in [0.15, 0.2) is 47.6 Å². The number of hydrogen-bond donors (Lipinski definition) is 0. The first kappa shape index (κ1) is 35.8. The summed E-state index contributed by atoms with van der Waals surface area (Å²) in [5.41, 5.74) is 1.48. The molecular weight excluding hydrogens is 574 g/mol. The highest BCUT2D eigenvalue weighted by Crippen LogP contribution is 2.42. The van der Waals surface area contributed by atoms with Crippen molar-refractivity contribution in [1.29, 1.82) is 0 Å². The number of esters is 2. The number of ether oxygens (including phenoxy) is 4. The molecular formula is C31H45NO10Si. The molecule has 0 aromatic heterocycles. The Morgan fingerprint density at radius 3 is 1.56 bits per heavy atom. The Bertz CT molecular complexity index is 1210. The van der Waals surface area contributed by atoms with Gasteiger partial charge in [0.15, 0.2) is 0 Å². The first-order valence-corrected chi connectivity index (χ1v) is 16.5. The van der Waals surface area contributed by atoms with Gasteiger partial charge in [0.2, 0.25) is 11.6 Å². The van der Waals surface area contributed by atoms with E-state index in [1.807, 2.05) is 0 Å². The number of amides is 1. The Kier molecular flexibility index (Phi) is 12.0. The molecule has 0 bridgehead atoms. The third-order valence-corrected chi connectivity index (χ3v) is 13.7. The number of carbonyl (C=O) groups is 5. The second kappa shape index (κ2) is 14.4. The Balaban J connectivity index is 2.50. The topological polar surface area (TPSA) is 135 Å². The predicted octanol–water partition coefficient (Wildman–Crippen LogP) is 4.93. The Labute approximate surface area is 255 Å². The van der Waals surface area contributed by atoms with Gasteiger partial charge in [0, 0.05) is 47.2 Å². The fourth-order valence-corrected chi connectivity index (χ4v) is 11.0. The van der Waals surface area contributed by atoms with Crippen LogP contribution in [-0.2, 0) is 42.6 Å². The molecule has 1 amide bonds. The van der Waals surface area contributed by atoms with Gasteiger partial charge in [-0.15, -0.1) is 0 Å². The molecule has 2 aliphatic carbocycles. The molecule has 0 aromatic rings. The van der Waals surface area contributed by atoms with Crippen molar-refractivity contribution in [3.63, 3.8) is 0 Å². The molecule has 12 heteroatoms. The van der Waals surface area contributed by atoms with E-state index in [9.17, 15) is 24.0 Å². The van der Waals surface area contributed by atoms with Crippen LogP contribution < -0.4 is 0 Å². The highest BCUT2D eigenvalue weighted by molar-refractivity contribution is 6.78. The summed E-state index contributed by atoms with van der Waals surface area (Å²) in [5.74, 6) is -6.36. The molecule has 2 unspecified atom stereocenters. The highest BCUT2D eigenvalue weighted by Gasteiger charge is 2.49. The summed E-state index contributed by atoms with van der Waals surface area (Å²) >= 11 is 0. The molecule has 0 saturated carbocycles. The molecule has 238 valence electrons. The van der Waals surface area contributed by atoms with Crippen LogP contribution in [0.1, 0.15) is 61.8 Å². The van der Waals surface area contributed by atoms with Crippen LogP contribution in [0.25, 0.3) is 0 Å². The molecule has 11 nitrogen and oxygen atoms in total. The van der Waals surface area contributed by atoms with Gasteiger partial charge in [-0.1, -0.05) is 53.7 Å². The summed E-state index contributed by atoms with van der Waals surface area (Å²) in [6.07, 6.45) is 8.15. The molecule has 0 heterocycles. The molecule has 0 fully saturated rings. The average Bonchev–Trinajstić information content (AvgIpc) is 2.91. The highest BCUT2D eigenvalue weighted by atomic mass is 28.4. The second-order valence-electron chi connectivity index (χ2n) is 11.6. The van der Waals surface area contributed by atoms with Gasteiger partial charge in [0.05, 0.1) is 0 Å². The molecule has 0 aromatic carbocycles. The van der Waals surface area contributed by atoms with Crippen LogP contribution >= 0.6 is 0 Å². The number of hydrogen-bond acceptors (Lipinski definition) is 10. The third kappa shape index (κ3) is 7.98. The van der Waals surface area contributed by atoms with Crippen molar-refractivity contribution >= 4 is 37.9 Å². The zero-order chi connectivity index (χ0) is 32.8. The van der Waals surface area contributed by atoms with Crippen molar-refractivity contribution in [2.24, 2.45) is 0 Å². The number of rotatable bonds is 13. The van der Waals surface area contributed by atoms with E-state index in [1.165, 1.54) is 63.3 Å². The molecule has 0 saturated heterocycles. The number of methoxy groups -OCH3 is 2. The first-order valence-electron chi connectivity index (χ1n) is 14.3. The van der Waals surface area contributed by atoms with E-state index in [1.54, 1.807) is 6.08 Å². The summed E-state index contributed by atoms with van der Waals surface area (Å²) in [5, 5.41) is 0. The molecule has 2 atom stereocenters. The number of allylic oxidation sites excluding steroid dienone is 1. The molecule has 0 spiro atoms. The van der Waals surface area contributed by atoms with E-state index >= 15 is 0 Å². The number of nitrogens with zero attached hydrogens (tertiary/aromatic N) is 1. The van der Waals surface area contributed by atoms with E-state index in [-0.39, 0.29) is 36.1 Å². The van der Waals surface area contributed by atoms with Crippen molar-refractivity contribution in [3.8, 4) is 0 Å². The summed E-state index contributed by atoms with van der Waals surface area (Å²) in [4.78, 5) is 64.2. The largest absolute Gasteiger partial charge is 0.503 e. The van der Waals surface area contributed by atoms with Gasteiger partial charge >= 0.3 is 18.0 Å². The lowest BCUT2D eigenvalue weighted by atomic mass is 9.97. The lowest BCUT2D eigenvalue weighted by Gasteiger charge is -2.42. The zero-order valence-corrected chi connectivity index (χ0v) is 27.8. The molecule has 43 heavy (non-hydrogen) atoms. The molecule has 2 aliphatic rings. The summed E-state index contributed by atoms with van der Waals surface area (Å²) in [6.45, 7) is 14.9. The van der Waals surface area contributed by atoms with Crippen LogP contribution in [0.4, 0.5) is 4.79 Å². The lowest BCUT2D eigenvalue weighted by molar-refractivity contribution is -0.199. The van der Waals surface area contributed by atoms with Crippen molar-refractivity contribution in [2.75, 3.05) is 27.3 Å². The molecule has 0 N–H and O–H groups in total.